The van der Waals surface area contributed by atoms with Crippen LogP contribution in [0.5, 0.6) is 0 Å². The third-order valence-corrected chi connectivity index (χ3v) is 5.35. The van der Waals surface area contributed by atoms with Gasteiger partial charge in [-0.1, -0.05) is 18.0 Å². The summed E-state index contributed by atoms with van der Waals surface area (Å²) in [7, 11) is 0. The predicted molar refractivity (Wildman–Crippen MR) is 95.1 cm³/mol. The molecule has 3 aromatic heterocycles. The largest absolute Gasteiger partial charge is 0.387 e. The van der Waals surface area contributed by atoms with E-state index in [0.717, 1.165) is 12.8 Å². The highest BCUT2D eigenvalue weighted by atomic mass is 16.6. The Kier molecular flexibility index (Phi) is 4.22. The lowest BCUT2D eigenvalue weighted by atomic mass is 10.1. The number of anilines is 1. The third-order valence-electron chi connectivity index (χ3n) is 5.35. The van der Waals surface area contributed by atoms with Gasteiger partial charge >= 0.3 is 0 Å². The van der Waals surface area contributed by atoms with E-state index in [4.69, 9.17) is 9.26 Å². The zero-order chi connectivity index (χ0) is 19.3. The number of rotatable bonds is 4. The fraction of sp³-hybridized carbons (Fsp3) is 0.588. The number of imidazole rings is 1. The summed E-state index contributed by atoms with van der Waals surface area (Å²) in [4.78, 5) is 17.1. The summed E-state index contributed by atoms with van der Waals surface area (Å²) in [5.74, 6) is 1.20. The van der Waals surface area contributed by atoms with Crippen molar-refractivity contribution in [3.63, 3.8) is 0 Å². The van der Waals surface area contributed by atoms with Gasteiger partial charge in [-0.15, -0.1) is 0 Å². The molecule has 11 nitrogen and oxygen atoms in total. The third kappa shape index (κ3) is 2.82. The number of fused-ring (bicyclic) bond motifs is 1. The van der Waals surface area contributed by atoms with Crippen molar-refractivity contribution in [3.05, 3.63) is 24.4 Å². The van der Waals surface area contributed by atoms with Crippen LogP contribution in [0.4, 0.5) is 5.82 Å². The second-order valence-corrected chi connectivity index (χ2v) is 7.28. The molecule has 4 atom stereocenters. The van der Waals surface area contributed by atoms with Crippen molar-refractivity contribution in [1.29, 1.82) is 0 Å². The molecule has 11 heteroatoms. The van der Waals surface area contributed by atoms with Crippen molar-refractivity contribution in [2.24, 2.45) is 0 Å². The lowest BCUT2D eigenvalue weighted by Gasteiger charge is -2.16. The maximum absolute atomic E-state index is 10.6. The molecule has 1 saturated carbocycles. The number of ether oxygens (including phenoxy) is 1. The highest BCUT2D eigenvalue weighted by Gasteiger charge is 2.47. The Labute approximate surface area is 159 Å². The van der Waals surface area contributed by atoms with Crippen LogP contribution in [0.15, 0.2) is 17.2 Å². The van der Waals surface area contributed by atoms with Gasteiger partial charge in [0.05, 0.1) is 6.33 Å². The van der Waals surface area contributed by atoms with Gasteiger partial charge in [-0.25, -0.2) is 15.0 Å². The minimum absolute atomic E-state index is 0.120. The minimum Gasteiger partial charge on any atom is -0.387 e. The fourth-order valence-corrected chi connectivity index (χ4v) is 3.93. The van der Waals surface area contributed by atoms with Crippen molar-refractivity contribution >= 4 is 17.0 Å². The van der Waals surface area contributed by atoms with E-state index in [1.165, 1.54) is 25.5 Å². The number of aryl methyl sites for hydroxylation is 1. The number of aromatic nitrogens is 6. The monoisotopic (exact) mass is 387 g/mol. The summed E-state index contributed by atoms with van der Waals surface area (Å²) in [6.45, 7) is 1.67. The predicted octanol–water partition coefficient (Wildman–Crippen LogP) is 0.864. The van der Waals surface area contributed by atoms with Crippen LogP contribution in [0, 0.1) is 6.92 Å². The molecule has 148 valence electrons. The molecule has 0 radical (unpaired) electrons. The van der Waals surface area contributed by atoms with Gasteiger partial charge < -0.3 is 24.8 Å². The molecule has 2 fully saturated rings. The molecular formula is C17H21N7O4. The van der Waals surface area contributed by atoms with Crippen molar-refractivity contribution in [2.45, 2.75) is 63.2 Å². The maximum atomic E-state index is 10.6. The molecule has 1 aliphatic heterocycles. The van der Waals surface area contributed by atoms with E-state index >= 15 is 0 Å². The van der Waals surface area contributed by atoms with E-state index in [9.17, 15) is 10.2 Å². The summed E-state index contributed by atoms with van der Waals surface area (Å²) in [6.07, 6.45) is 3.34. The van der Waals surface area contributed by atoms with Gasteiger partial charge in [0.25, 0.3) is 5.89 Å². The molecule has 3 N–H and O–H groups in total. The SMILES string of the molecule is Cc1noc([C@H]2O[C@@H](n3cnc4c(NC5CCCC5)ncnc43)[C@H](O)[C@@H]2O)n1. The van der Waals surface area contributed by atoms with Crippen LogP contribution >= 0.6 is 0 Å². The lowest BCUT2D eigenvalue weighted by molar-refractivity contribution is -0.0451. The van der Waals surface area contributed by atoms with Crippen LogP contribution in [-0.2, 0) is 4.74 Å². The van der Waals surface area contributed by atoms with Gasteiger partial charge in [-0.2, -0.15) is 4.98 Å². The first-order valence-electron chi connectivity index (χ1n) is 9.37. The van der Waals surface area contributed by atoms with Gasteiger partial charge in [0.15, 0.2) is 35.1 Å². The number of aliphatic hydroxyl groups excluding tert-OH is 2. The smallest absolute Gasteiger partial charge is 0.258 e. The van der Waals surface area contributed by atoms with Crippen LogP contribution in [0.2, 0.25) is 0 Å². The fourth-order valence-electron chi connectivity index (χ4n) is 3.93. The Morgan fingerprint density at radius 2 is 1.96 bits per heavy atom. The van der Waals surface area contributed by atoms with Gasteiger partial charge in [0, 0.05) is 6.04 Å². The lowest BCUT2D eigenvalue weighted by Crippen LogP contribution is -2.29. The summed E-state index contributed by atoms with van der Waals surface area (Å²) in [6, 6.07) is 0.378. The maximum Gasteiger partial charge on any atom is 0.258 e. The molecule has 4 heterocycles. The second-order valence-electron chi connectivity index (χ2n) is 7.28. The number of aliphatic hydroxyl groups is 2. The standard InChI is InChI=1S/C17H21N7O4/c1-8-21-16(28-23-8)13-11(25)12(26)17(27-13)24-7-20-10-14(18-6-19-15(10)24)22-9-4-2-3-5-9/h6-7,9,11-13,17,25-26H,2-5H2,1H3,(H,18,19,22)/t11-,12+,13-,17+/m0/s1. The summed E-state index contributed by atoms with van der Waals surface area (Å²) in [5.41, 5.74) is 1.10. The van der Waals surface area contributed by atoms with Gasteiger partial charge in [-0.3, -0.25) is 4.57 Å². The molecule has 0 amide bonds. The molecular weight excluding hydrogens is 366 g/mol. The van der Waals surface area contributed by atoms with Crippen LogP contribution in [-0.4, -0.2) is 58.1 Å². The Morgan fingerprint density at radius 1 is 1.14 bits per heavy atom. The van der Waals surface area contributed by atoms with Gasteiger partial charge in [0.1, 0.15) is 18.5 Å². The number of hydrogen-bond donors (Lipinski definition) is 3. The molecule has 2 aliphatic rings. The molecule has 3 aromatic rings. The summed E-state index contributed by atoms with van der Waals surface area (Å²) < 4.78 is 12.5. The highest BCUT2D eigenvalue weighted by Crippen LogP contribution is 2.39. The van der Waals surface area contributed by atoms with Crippen molar-refractivity contribution in [3.8, 4) is 0 Å². The van der Waals surface area contributed by atoms with Gasteiger partial charge in [0.2, 0.25) is 0 Å². The minimum atomic E-state index is -1.22. The van der Waals surface area contributed by atoms with E-state index in [-0.39, 0.29) is 5.89 Å². The molecule has 1 saturated heterocycles. The van der Waals surface area contributed by atoms with E-state index in [1.54, 1.807) is 11.5 Å². The quantitative estimate of drug-likeness (QED) is 0.589. The number of nitrogens with one attached hydrogen (secondary N) is 1. The van der Waals surface area contributed by atoms with Crippen LogP contribution in [0.3, 0.4) is 0 Å². The Morgan fingerprint density at radius 3 is 2.71 bits per heavy atom. The number of hydrogen-bond acceptors (Lipinski definition) is 10. The number of nitrogens with zero attached hydrogens (tertiary/aromatic N) is 6. The Hall–Kier alpha value is -2.63. The van der Waals surface area contributed by atoms with E-state index in [2.05, 4.69) is 30.4 Å². The first kappa shape index (κ1) is 17.5. The van der Waals surface area contributed by atoms with Crippen molar-refractivity contribution in [2.75, 3.05) is 5.32 Å². The molecule has 0 bridgehead atoms. The van der Waals surface area contributed by atoms with E-state index in [1.807, 2.05) is 0 Å². The van der Waals surface area contributed by atoms with Crippen molar-refractivity contribution in [1.82, 2.24) is 29.7 Å². The first-order chi connectivity index (χ1) is 13.6. The molecule has 1 aliphatic carbocycles. The van der Waals surface area contributed by atoms with Crippen LogP contribution in [0.1, 0.15) is 49.7 Å². The Balaban J connectivity index is 1.46. The second kappa shape index (κ2) is 6.76. The summed E-state index contributed by atoms with van der Waals surface area (Å²) in [5, 5.41) is 28.1. The molecule has 0 spiro atoms. The first-order valence-corrected chi connectivity index (χ1v) is 9.37. The van der Waals surface area contributed by atoms with Crippen LogP contribution < -0.4 is 5.32 Å². The van der Waals surface area contributed by atoms with E-state index in [0.29, 0.717) is 28.8 Å². The highest BCUT2D eigenvalue weighted by molar-refractivity contribution is 5.82. The van der Waals surface area contributed by atoms with E-state index < -0.39 is 24.5 Å². The Bertz CT molecular complexity index is 983. The molecule has 28 heavy (non-hydrogen) atoms. The zero-order valence-corrected chi connectivity index (χ0v) is 15.3. The zero-order valence-electron chi connectivity index (χ0n) is 15.3. The molecule has 0 unspecified atom stereocenters. The average molecular weight is 387 g/mol. The topological polar surface area (TPSA) is 144 Å². The summed E-state index contributed by atoms with van der Waals surface area (Å²) >= 11 is 0. The average Bonchev–Trinajstić information content (AvgIpc) is 3.46. The normalized spacial score (nSPS) is 28.4. The van der Waals surface area contributed by atoms with Gasteiger partial charge in [-0.05, 0) is 19.8 Å². The molecule has 5 rings (SSSR count). The van der Waals surface area contributed by atoms with Crippen LogP contribution in [0.25, 0.3) is 11.2 Å². The molecule has 0 aromatic carbocycles. The van der Waals surface area contributed by atoms with Crippen molar-refractivity contribution < 1.29 is 19.5 Å².